The Morgan fingerprint density at radius 1 is 1.08 bits per heavy atom. The molecular formula is C19H25N3O2. The van der Waals surface area contributed by atoms with Gasteiger partial charge in [0.2, 0.25) is 0 Å². The number of carbonyl (C=O) groups excluding carboxylic acids is 1. The number of pyridine rings is 1. The number of aromatic nitrogens is 1. The van der Waals surface area contributed by atoms with Gasteiger partial charge in [0.15, 0.2) is 0 Å². The number of methoxy groups -OCH3 is 1. The van der Waals surface area contributed by atoms with Gasteiger partial charge in [-0.15, -0.1) is 0 Å². The van der Waals surface area contributed by atoms with Crippen molar-refractivity contribution >= 4 is 11.7 Å². The van der Waals surface area contributed by atoms with Crippen molar-refractivity contribution in [1.29, 1.82) is 0 Å². The van der Waals surface area contributed by atoms with Crippen molar-refractivity contribution in [2.75, 3.05) is 32.1 Å². The first-order valence-corrected chi connectivity index (χ1v) is 8.30. The Bertz CT molecular complexity index is 600. The second-order valence-electron chi connectivity index (χ2n) is 5.55. The number of anilines is 1. The van der Waals surface area contributed by atoms with Crippen molar-refractivity contribution in [3.8, 4) is 0 Å². The number of carbonyl (C=O) groups is 1. The molecule has 1 aromatic carbocycles. The van der Waals surface area contributed by atoms with Crippen molar-refractivity contribution < 1.29 is 9.53 Å². The van der Waals surface area contributed by atoms with Crippen molar-refractivity contribution in [2.45, 2.75) is 19.3 Å². The van der Waals surface area contributed by atoms with E-state index < -0.39 is 0 Å². The number of ether oxygens (including phenoxy) is 1. The van der Waals surface area contributed by atoms with Crippen molar-refractivity contribution in [3.05, 3.63) is 59.8 Å². The molecule has 0 saturated heterocycles. The molecule has 0 fully saturated rings. The van der Waals surface area contributed by atoms with Crippen LogP contribution in [0.4, 0.5) is 5.82 Å². The van der Waals surface area contributed by atoms with Gasteiger partial charge in [0.25, 0.3) is 5.91 Å². The summed E-state index contributed by atoms with van der Waals surface area (Å²) >= 11 is 0. The summed E-state index contributed by atoms with van der Waals surface area (Å²) in [6.45, 7) is 2.17. The highest BCUT2D eigenvalue weighted by molar-refractivity contribution is 5.94. The number of aryl methyl sites for hydroxylation is 1. The fraction of sp³-hybridized carbons (Fsp3) is 0.368. The van der Waals surface area contributed by atoms with Gasteiger partial charge in [0.1, 0.15) is 5.82 Å². The van der Waals surface area contributed by atoms with E-state index in [4.69, 9.17) is 4.74 Å². The summed E-state index contributed by atoms with van der Waals surface area (Å²) in [5, 5.41) is 6.13. The zero-order chi connectivity index (χ0) is 17.0. The summed E-state index contributed by atoms with van der Waals surface area (Å²) in [6.07, 6.45) is 4.40. The van der Waals surface area contributed by atoms with E-state index in [0.717, 1.165) is 38.2 Å². The normalized spacial score (nSPS) is 10.4. The molecule has 0 atom stereocenters. The van der Waals surface area contributed by atoms with Crippen LogP contribution in [-0.4, -0.2) is 37.7 Å². The van der Waals surface area contributed by atoms with E-state index in [1.807, 2.05) is 24.3 Å². The Kier molecular flexibility index (Phi) is 7.77. The van der Waals surface area contributed by atoms with E-state index in [9.17, 15) is 4.79 Å². The van der Waals surface area contributed by atoms with Gasteiger partial charge in [-0.3, -0.25) is 4.79 Å². The quantitative estimate of drug-likeness (QED) is 0.659. The first-order chi connectivity index (χ1) is 11.8. The SMILES string of the molecule is COCCCNc1ccc(C(=O)NCCCc2ccccc2)cn1. The van der Waals surface area contributed by atoms with Crippen LogP contribution in [0.1, 0.15) is 28.8 Å². The average Bonchev–Trinajstić information content (AvgIpc) is 2.63. The van der Waals surface area contributed by atoms with Crippen LogP contribution in [0.25, 0.3) is 0 Å². The second-order valence-corrected chi connectivity index (χ2v) is 5.55. The average molecular weight is 327 g/mol. The first kappa shape index (κ1) is 17.9. The van der Waals surface area contributed by atoms with Crippen LogP contribution in [0, 0.1) is 0 Å². The number of amides is 1. The molecule has 5 heteroatoms. The standard InChI is InChI=1S/C19H25N3O2/c1-24-14-6-13-20-18-11-10-17(15-22-18)19(23)21-12-5-9-16-7-3-2-4-8-16/h2-4,7-8,10-11,15H,5-6,9,12-14H2,1H3,(H,20,22)(H,21,23). The number of rotatable bonds is 10. The van der Waals surface area contributed by atoms with Crippen LogP contribution in [0.3, 0.4) is 0 Å². The minimum absolute atomic E-state index is 0.0819. The maximum absolute atomic E-state index is 12.1. The van der Waals surface area contributed by atoms with E-state index in [0.29, 0.717) is 12.1 Å². The molecule has 2 aromatic rings. The summed E-state index contributed by atoms with van der Waals surface area (Å²) in [5.41, 5.74) is 1.87. The molecule has 0 saturated carbocycles. The van der Waals surface area contributed by atoms with Crippen LogP contribution in [0.2, 0.25) is 0 Å². The summed E-state index contributed by atoms with van der Waals surface area (Å²) in [6, 6.07) is 13.9. The van der Waals surface area contributed by atoms with Gasteiger partial charge >= 0.3 is 0 Å². The maximum Gasteiger partial charge on any atom is 0.252 e. The van der Waals surface area contributed by atoms with Gasteiger partial charge in [-0.2, -0.15) is 0 Å². The Morgan fingerprint density at radius 2 is 1.92 bits per heavy atom. The zero-order valence-corrected chi connectivity index (χ0v) is 14.1. The van der Waals surface area contributed by atoms with Crippen molar-refractivity contribution in [2.24, 2.45) is 0 Å². The van der Waals surface area contributed by atoms with E-state index >= 15 is 0 Å². The summed E-state index contributed by atoms with van der Waals surface area (Å²) < 4.78 is 4.99. The van der Waals surface area contributed by atoms with Crippen LogP contribution in [0.15, 0.2) is 48.7 Å². The van der Waals surface area contributed by atoms with E-state index in [1.54, 1.807) is 19.4 Å². The highest BCUT2D eigenvalue weighted by Gasteiger charge is 2.05. The molecule has 1 aromatic heterocycles. The number of nitrogens with zero attached hydrogens (tertiary/aromatic N) is 1. The molecular weight excluding hydrogens is 302 g/mol. The molecule has 0 bridgehead atoms. The molecule has 2 rings (SSSR count). The number of hydrogen-bond donors (Lipinski definition) is 2. The predicted molar refractivity (Wildman–Crippen MR) is 96.3 cm³/mol. The highest BCUT2D eigenvalue weighted by Crippen LogP contribution is 2.06. The van der Waals surface area contributed by atoms with Gasteiger partial charge in [0.05, 0.1) is 5.56 Å². The monoisotopic (exact) mass is 327 g/mol. The molecule has 0 aliphatic carbocycles. The molecule has 0 unspecified atom stereocenters. The van der Waals surface area contributed by atoms with E-state index in [-0.39, 0.29) is 5.91 Å². The van der Waals surface area contributed by atoms with Gasteiger partial charge < -0.3 is 15.4 Å². The summed E-state index contributed by atoms with van der Waals surface area (Å²) in [5.74, 6) is 0.688. The first-order valence-electron chi connectivity index (χ1n) is 8.30. The van der Waals surface area contributed by atoms with Crippen LogP contribution < -0.4 is 10.6 Å². The van der Waals surface area contributed by atoms with Gasteiger partial charge in [0, 0.05) is 33.0 Å². The van der Waals surface area contributed by atoms with Gasteiger partial charge in [-0.1, -0.05) is 30.3 Å². The molecule has 0 aliphatic rings. The third-order valence-electron chi connectivity index (χ3n) is 3.63. The van der Waals surface area contributed by atoms with Crippen molar-refractivity contribution in [3.63, 3.8) is 0 Å². The Morgan fingerprint density at radius 3 is 2.62 bits per heavy atom. The zero-order valence-electron chi connectivity index (χ0n) is 14.1. The van der Waals surface area contributed by atoms with E-state index in [1.165, 1.54) is 5.56 Å². The molecule has 0 aliphatic heterocycles. The fourth-order valence-electron chi connectivity index (χ4n) is 2.31. The molecule has 1 amide bonds. The molecule has 128 valence electrons. The van der Waals surface area contributed by atoms with E-state index in [2.05, 4.69) is 27.8 Å². The van der Waals surface area contributed by atoms with Gasteiger partial charge in [-0.25, -0.2) is 4.98 Å². The van der Waals surface area contributed by atoms with Crippen molar-refractivity contribution in [1.82, 2.24) is 10.3 Å². The lowest BCUT2D eigenvalue weighted by Crippen LogP contribution is -2.25. The third-order valence-corrected chi connectivity index (χ3v) is 3.63. The number of benzene rings is 1. The number of nitrogens with one attached hydrogen (secondary N) is 2. The van der Waals surface area contributed by atoms with Crippen LogP contribution in [0.5, 0.6) is 0 Å². The summed E-state index contributed by atoms with van der Waals surface area (Å²) in [7, 11) is 1.69. The fourth-order valence-corrected chi connectivity index (χ4v) is 2.31. The minimum atomic E-state index is -0.0819. The topological polar surface area (TPSA) is 63.2 Å². The van der Waals surface area contributed by atoms with Crippen LogP contribution >= 0.6 is 0 Å². The number of hydrogen-bond acceptors (Lipinski definition) is 4. The smallest absolute Gasteiger partial charge is 0.252 e. The van der Waals surface area contributed by atoms with Crippen LogP contribution in [-0.2, 0) is 11.2 Å². The predicted octanol–water partition coefficient (Wildman–Crippen LogP) is 2.89. The van der Waals surface area contributed by atoms with Gasteiger partial charge in [-0.05, 0) is 37.0 Å². The molecule has 2 N–H and O–H groups in total. The second kappa shape index (κ2) is 10.4. The lowest BCUT2D eigenvalue weighted by Gasteiger charge is -2.07. The molecule has 1 heterocycles. The Balaban J connectivity index is 1.68. The minimum Gasteiger partial charge on any atom is -0.385 e. The summed E-state index contributed by atoms with van der Waals surface area (Å²) in [4.78, 5) is 16.3. The molecule has 0 spiro atoms. The lowest BCUT2D eigenvalue weighted by atomic mass is 10.1. The Hall–Kier alpha value is -2.40. The largest absolute Gasteiger partial charge is 0.385 e. The lowest BCUT2D eigenvalue weighted by molar-refractivity contribution is 0.0953. The molecule has 24 heavy (non-hydrogen) atoms. The third kappa shape index (κ3) is 6.38. The Labute approximate surface area is 143 Å². The molecule has 5 nitrogen and oxygen atoms in total. The highest BCUT2D eigenvalue weighted by atomic mass is 16.5. The molecule has 0 radical (unpaired) electrons. The maximum atomic E-state index is 12.1.